The van der Waals surface area contributed by atoms with Crippen molar-refractivity contribution in [2.45, 2.75) is 23.8 Å². The molecular formula is C13H14N4O2S. The molecule has 20 heavy (non-hydrogen) atoms. The SMILES string of the molecule is Nc1ccc(-c2cccc(S(=O)(=O)NC3CC3)c2)nn1. The topological polar surface area (TPSA) is 98.0 Å². The molecule has 1 aromatic heterocycles. The summed E-state index contributed by atoms with van der Waals surface area (Å²) in [5.74, 6) is 0.327. The van der Waals surface area contributed by atoms with Crippen molar-refractivity contribution in [1.29, 1.82) is 0 Å². The molecule has 0 aliphatic heterocycles. The molecule has 104 valence electrons. The summed E-state index contributed by atoms with van der Waals surface area (Å²) < 4.78 is 27.0. The van der Waals surface area contributed by atoms with E-state index in [-0.39, 0.29) is 10.9 Å². The Morgan fingerprint density at radius 3 is 2.60 bits per heavy atom. The highest BCUT2D eigenvalue weighted by Gasteiger charge is 2.28. The first-order valence-corrected chi connectivity index (χ1v) is 7.75. The van der Waals surface area contributed by atoms with Crippen LogP contribution in [0.5, 0.6) is 0 Å². The van der Waals surface area contributed by atoms with E-state index in [1.165, 1.54) is 0 Å². The number of nitrogens with two attached hydrogens (primary N) is 1. The van der Waals surface area contributed by atoms with Crippen molar-refractivity contribution in [1.82, 2.24) is 14.9 Å². The van der Waals surface area contributed by atoms with Crippen molar-refractivity contribution in [2.24, 2.45) is 0 Å². The van der Waals surface area contributed by atoms with E-state index in [1.54, 1.807) is 36.4 Å². The fourth-order valence-corrected chi connectivity index (χ4v) is 3.16. The third-order valence-corrected chi connectivity index (χ3v) is 4.54. The maximum atomic E-state index is 12.2. The van der Waals surface area contributed by atoms with Crippen LogP contribution in [0.15, 0.2) is 41.3 Å². The van der Waals surface area contributed by atoms with Crippen molar-refractivity contribution in [3.05, 3.63) is 36.4 Å². The second-order valence-corrected chi connectivity index (χ2v) is 6.48. The van der Waals surface area contributed by atoms with Crippen LogP contribution in [0.3, 0.4) is 0 Å². The molecule has 1 aliphatic rings. The molecule has 1 aliphatic carbocycles. The summed E-state index contributed by atoms with van der Waals surface area (Å²) in [5.41, 5.74) is 6.76. The number of nitrogens with one attached hydrogen (secondary N) is 1. The van der Waals surface area contributed by atoms with Gasteiger partial charge < -0.3 is 5.73 Å². The zero-order valence-corrected chi connectivity index (χ0v) is 11.5. The zero-order valence-electron chi connectivity index (χ0n) is 10.7. The summed E-state index contributed by atoms with van der Waals surface area (Å²) >= 11 is 0. The molecule has 7 heteroatoms. The van der Waals surface area contributed by atoms with Gasteiger partial charge >= 0.3 is 0 Å². The molecule has 0 amide bonds. The summed E-state index contributed by atoms with van der Waals surface area (Å²) in [7, 11) is -3.46. The van der Waals surface area contributed by atoms with Gasteiger partial charge in [0.05, 0.1) is 10.6 Å². The molecule has 0 radical (unpaired) electrons. The number of nitrogens with zero attached hydrogens (tertiary/aromatic N) is 2. The normalized spacial score (nSPS) is 15.2. The largest absolute Gasteiger partial charge is 0.382 e. The van der Waals surface area contributed by atoms with Gasteiger partial charge in [0.2, 0.25) is 10.0 Å². The minimum absolute atomic E-state index is 0.0833. The number of hydrogen-bond acceptors (Lipinski definition) is 5. The molecule has 0 atom stereocenters. The van der Waals surface area contributed by atoms with Crippen LogP contribution in [0, 0.1) is 0 Å². The van der Waals surface area contributed by atoms with Gasteiger partial charge in [-0.2, -0.15) is 0 Å². The third kappa shape index (κ3) is 2.78. The van der Waals surface area contributed by atoms with Gasteiger partial charge in [-0.05, 0) is 37.1 Å². The van der Waals surface area contributed by atoms with Gasteiger partial charge in [0.15, 0.2) is 0 Å². The van der Waals surface area contributed by atoms with E-state index >= 15 is 0 Å². The van der Waals surface area contributed by atoms with Crippen molar-refractivity contribution in [3.63, 3.8) is 0 Å². The second-order valence-electron chi connectivity index (χ2n) is 4.77. The molecule has 1 fully saturated rings. The summed E-state index contributed by atoms with van der Waals surface area (Å²) in [6, 6.07) is 10.1. The third-order valence-electron chi connectivity index (χ3n) is 3.02. The maximum absolute atomic E-state index is 12.2. The van der Waals surface area contributed by atoms with Gasteiger partial charge in [0.25, 0.3) is 0 Å². The predicted octanol–water partition coefficient (Wildman–Crippen LogP) is 1.17. The van der Waals surface area contributed by atoms with Crippen LogP contribution in [-0.4, -0.2) is 24.7 Å². The average Bonchev–Trinajstić information content (AvgIpc) is 3.23. The molecule has 3 rings (SSSR count). The molecule has 0 spiro atoms. The van der Waals surface area contributed by atoms with Crippen molar-refractivity contribution < 1.29 is 8.42 Å². The number of benzene rings is 1. The molecule has 6 nitrogen and oxygen atoms in total. The van der Waals surface area contributed by atoms with E-state index in [0.29, 0.717) is 17.1 Å². The minimum Gasteiger partial charge on any atom is -0.382 e. The smallest absolute Gasteiger partial charge is 0.240 e. The van der Waals surface area contributed by atoms with E-state index in [9.17, 15) is 8.42 Å². The molecule has 1 saturated carbocycles. The van der Waals surface area contributed by atoms with Gasteiger partial charge in [-0.3, -0.25) is 0 Å². The summed E-state index contributed by atoms with van der Waals surface area (Å²) in [6.45, 7) is 0. The van der Waals surface area contributed by atoms with Gasteiger partial charge in [-0.15, -0.1) is 10.2 Å². The lowest BCUT2D eigenvalue weighted by atomic mass is 10.1. The first-order valence-electron chi connectivity index (χ1n) is 6.26. The number of anilines is 1. The minimum atomic E-state index is -3.46. The first-order chi connectivity index (χ1) is 9.54. The van der Waals surface area contributed by atoms with E-state index in [0.717, 1.165) is 12.8 Å². The highest BCUT2D eigenvalue weighted by atomic mass is 32.2. The maximum Gasteiger partial charge on any atom is 0.240 e. The van der Waals surface area contributed by atoms with Crippen molar-refractivity contribution in [2.75, 3.05) is 5.73 Å². The fourth-order valence-electron chi connectivity index (χ4n) is 1.81. The standard InChI is InChI=1S/C13H14N4O2S/c14-13-7-6-12(15-16-13)9-2-1-3-11(8-9)20(18,19)17-10-4-5-10/h1-3,6-8,10,17H,4-5H2,(H2,14,16). The van der Waals surface area contributed by atoms with Gasteiger partial charge in [-0.1, -0.05) is 12.1 Å². The molecular weight excluding hydrogens is 276 g/mol. The Labute approximate surface area is 117 Å². The van der Waals surface area contributed by atoms with E-state index in [2.05, 4.69) is 14.9 Å². The van der Waals surface area contributed by atoms with Crippen LogP contribution in [0.2, 0.25) is 0 Å². The lowest BCUT2D eigenvalue weighted by Crippen LogP contribution is -2.25. The summed E-state index contributed by atoms with van der Waals surface area (Å²) in [4.78, 5) is 0.237. The number of hydrogen-bond donors (Lipinski definition) is 2. The van der Waals surface area contributed by atoms with E-state index in [1.807, 2.05) is 0 Å². The Hall–Kier alpha value is -1.99. The predicted molar refractivity (Wildman–Crippen MR) is 75.2 cm³/mol. The Morgan fingerprint density at radius 2 is 1.95 bits per heavy atom. The van der Waals surface area contributed by atoms with Crippen LogP contribution < -0.4 is 10.5 Å². The Bertz CT molecular complexity index is 724. The first kappa shape index (κ1) is 13.0. The Morgan fingerprint density at radius 1 is 1.15 bits per heavy atom. The highest BCUT2D eigenvalue weighted by Crippen LogP contribution is 2.24. The lowest BCUT2D eigenvalue weighted by molar-refractivity contribution is 0.581. The number of aromatic nitrogens is 2. The van der Waals surface area contributed by atoms with Crippen LogP contribution >= 0.6 is 0 Å². The van der Waals surface area contributed by atoms with Crippen LogP contribution in [0.4, 0.5) is 5.82 Å². The second kappa shape index (κ2) is 4.84. The van der Waals surface area contributed by atoms with Gasteiger partial charge in [0, 0.05) is 11.6 Å². The quantitative estimate of drug-likeness (QED) is 0.880. The molecule has 0 unspecified atom stereocenters. The number of rotatable bonds is 4. The molecule has 1 heterocycles. The highest BCUT2D eigenvalue weighted by molar-refractivity contribution is 7.89. The van der Waals surface area contributed by atoms with Crippen molar-refractivity contribution >= 4 is 15.8 Å². The number of nitrogen functional groups attached to an aromatic ring is 1. The molecule has 1 aromatic carbocycles. The molecule has 0 saturated heterocycles. The Kier molecular flexibility index (Phi) is 3.15. The van der Waals surface area contributed by atoms with Gasteiger partial charge in [-0.25, -0.2) is 13.1 Å². The lowest BCUT2D eigenvalue weighted by Gasteiger charge is -2.07. The summed E-state index contributed by atoms with van der Waals surface area (Å²) in [6.07, 6.45) is 1.81. The van der Waals surface area contributed by atoms with Crippen LogP contribution in [0.25, 0.3) is 11.3 Å². The van der Waals surface area contributed by atoms with E-state index in [4.69, 9.17) is 5.73 Å². The zero-order chi connectivity index (χ0) is 14.2. The van der Waals surface area contributed by atoms with E-state index < -0.39 is 10.0 Å². The summed E-state index contributed by atoms with van der Waals surface area (Å²) in [5, 5.41) is 7.72. The molecule has 0 bridgehead atoms. The number of sulfonamides is 1. The molecule has 3 N–H and O–H groups in total. The van der Waals surface area contributed by atoms with Gasteiger partial charge in [0.1, 0.15) is 5.82 Å². The fraction of sp³-hybridized carbons (Fsp3) is 0.231. The van der Waals surface area contributed by atoms with Crippen molar-refractivity contribution in [3.8, 4) is 11.3 Å². The monoisotopic (exact) mass is 290 g/mol. The van der Waals surface area contributed by atoms with Crippen LogP contribution in [-0.2, 0) is 10.0 Å². The molecule has 2 aromatic rings. The average molecular weight is 290 g/mol. The van der Waals surface area contributed by atoms with Crippen LogP contribution in [0.1, 0.15) is 12.8 Å². The Balaban J connectivity index is 1.94.